The van der Waals surface area contributed by atoms with Crippen LogP contribution < -0.4 is 0 Å². The van der Waals surface area contributed by atoms with Crippen LogP contribution >= 0.6 is 0 Å². The molecule has 0 saturated carbocycles. The Balaban J connectivity index is 3.02. The Bertz CT molecular complexity index is 362. The minimum absolute atomic E-state index is 0.0803. The van der Waals surface area contributed by atoms with E-state index in [4.69, 9.17) is 5.11 Å². The molecule has 0 fully saturated rings. The first kappa shape index (κ1) is 9.18. The number of nitro groups is 1. The van der Waals surface area contributed by atoms with Gasteiger partial charge in [0.2, 0.25) is 6.20 Å². The number of benzene rings is 1. The van der Waals surface area contributed by atoms with Crippen molar-refractivity contribution >= 4 is 6.08 Å². The van der Waals surface area contributed by atoms with E-state index >= 15 is 0 Å². The van der Waals surface area contributed by atoms with Gasteiger partial charge in [0.25, 0.3) is 0 Å². The smallest absolute Gasteiger partial charge is 0.235 e. The summed E-state index contributed by atoms with van der Waals surface area (Å²) in [6.07, 6.45) is 1.66. The molecule has 1 aromatic rings. The van der Waals surface area contributed by atoms with E-state index in [-0.39, 0.29) is 5.56 Å². The van der Waals surface area contributed by atoms with Gasteiger partial charge in [-0.05, 0) is 6.07 Å². The quantitative estimate of drug-likeness (QED) is 0.561. The molecule has 13 heavy (non-hydrogen) atoms. The van der Waals surface area contributed by atoms with E-state index < -0.39 is 16.5 Å². The van der Waals surface area contributed by atoms with Crippen LogP contribution in [0, 0.1) is 15.9 Å². The van der Waals surface area contributed by atoms with Gasteiger partial charge in [-0.2, -0.15) is 0 Å². The summed E-state index contributed by atoms with van der Waals surface area (Å²) >= 11 is 0. The van der Waals surface area contributed by atoms with Crippen LogP contribution in [-0.2, 0) is 0 Å². The van der Waals surface area contributed by atoms with Crippen molar-refractivity contribution < 1.29 is 14.4 Å². The zero-order chi connectivity index (χ0) is 9.84. The lowest BCUT2D eigenvalue weighted by Gasteiger charge is -1.97. The summed E-state index contributed by atoms with van der Waals surface area (Å²) in [6, 6.07) is 3.80. The van der Waals surface area contributed by atoms with Crippen LogP contribution in [0.1, 0.15) is 5.56 Å². The lowest BCUT2D eigenvalue weighted by Crippen LogP contribution is -1.84. The van der Waals surface area contributed by atoms with Gasteiger partial charge in [-0.15, -0.1) is 0 Å². The maximum Gasteiger partial charge on any atom is 0.235 e. The lowest BCUT2D eigenvalue weighted by atomic mass is 10.2. The molecule has 0 amide bonds. The van der Waals surface area contributed by atoms with Crippen LogP contribution in [0.15, 0.2) is 24.4 Å². The van der Waals surface area contributed by atoms with Crippen molar-refractivity contribution in [2.24, 2.45) is 0 Å². The second-order valence-corrected chi connectivity index (χ2v) is 2.28. The van der Waals surface area contributed by atoms with Gasteiger partial charge in [-0.3, -0.25) is 10.1 Å². The summed E-state index contributed by atoms with van der Waals surface area (Å²) < 4.78 is 12.6. The number of phenols is 1. The highest BCUT2D eigenvalue weighted by molar-refractivity contribution is 5.56. The molecule has 0 aromatic heterocycles. The third kappa shape index (κ3) is 2.26. The Morgan fingerprint density at radius 1 is 1.54 bits per heavy atom. The zero-order valence-corrected chi connectivity index (χ0v) is 6.48. The van der Waals surface area contributed by atoms with Crippen LogP contribution in [0.3, 0.4) is 0 Å². The molecule has 5 heteroatoms. The summed E-state index contributed by atoms with van der Waals surface area (Å²) in [6.45, 7) is 0. The lowest BCUT2D eigenvalue weighted by molar-refractivity contribution is -0.400. The number of hydrogen-bond acceptors (Lipinski definition) is 3. The van der Waals surface area contributed by atoms with Gasteiger partial charge in [0.1, 0.15) is 0 Å². The number of nitrogens with zero attached hydrogens (tertiary/aromatic N) is 1. The predicted octanol–water partition coefficient (Wildman–Crippen LogP) is 1.78. The number of phenolic OH excluding ortho intramolecular Hbond substituents is 1. The maximum absolute atomic E-state index is 12.6. The largest absolute Gasteiger partial charge is 0.504 e. The average molecular weight is 183 g/mol. The summed E-state index contributed by atoms with van der Waals surface area (Å²) in [5, 5.41) is 19.0. The van der Waals surface area contributed by atoms with E-state index in [2.05, 4.69) is 0 Å². The summed E-state index contributed by atoms with van der Waals surface area (Å²) in [5.74, 6) is -1.38. The first-order valence-corrected chi connectivity index (χ1v) is 3.40. The van der Waals surface area contributed by atoms with Crippen molar-refractivity contribution in [3.63, 3.8) is 0 Å². The Hall–Kier alpha value is -1.91. The van der Waals surface area contributed by atoms with Crippen molar-refractivity contribution in [2.75, 3.05) is 0 Å². The van der Waals surface area contributed by atoms with Crippen molar-refractivity contribution in [2.45, 2.75) is 0 Å². The normalized spacial score (nSPS) is 10.5. The summed E-state index contributed by atoms with van der Waals surface area (Å²) in [7, 11) is 0. The fourth-order valence-corrected chi connectivity index (χ4v) is 0.808. The molecule has 0 aliphatic heterocycles. The van der Waals surface area contributed by atoms with E-state index in [0.717, 1.165) is 12.1 Å². The molecule has 0 atom stereocenters. The minimum atomic E-state index is -0.800. The minimum Gasteiger partial charge on any atom is -0.504 e. The SMILES string of the molecule is O=[N+]([O-])C=Cc1cccc(F)c1O. The molecule has 0 spiro atoms. The molecule has 1 N–H and O–H groups in total. The van der Waals surface area contributed by atoms with Crippen molar-refractivity contribution in [3.8, 4) is 5.75 Å². The first-order valence-electron chi connectivity index (χ1n) is 3.40. The molecular weight excluding hydrogens is 177 g/mol. The standard InChI is InChI=1S/C8H6FNO3/c9-7-3-1-2-6(8(7)11)4-5-10(12)13/h1-5,11H. The molecule has 0 radical (unpaired) electrons. The summed E-state index contributed by atoms with van der Waals surface area (Å²) in [4.78, 5) is 9.22. The van der Waals surface area contributed by atoms with Crippen LogP contribution in [0.4, 0.5) is 4.39 Å². The van der Waals surface area contributed by atoms with Gasteiger partial charge in [0, 0.05) is 11.6 Å². The van der Waals surface area contributed by atoms with Crippen LogP contribution in [0.25, 0.3) is 6.08 Å². The van der Waals surface area contributed by atoms with Crippen LogP contribution in [0.2, 0.25) is 0 Å². The molecule has 0 bridgehead atoms. The van der Waals surface area contributed by atoms with Gasteiger partial charge in [-0.1, -0.05) is 12.1 Å². The highest BCUT2D eigenvalue weighted by atomic mass is 19.1. The summed E-state index contributed by atoms with van der Waals surface area (Å²) in [5.41, 5.74) is 0.0803. The monoisotopic (exact) mass is 183 g/mol. The van der Waals surface area contributed by atoms with Gasteiger partial charge < -0.3 is 5.11 Å². The number of para-hydroxylation sites is 1. The molecule has 0 heterocycles. The Morgan fingerprint density at radius 3 is 2.85 bits per heavy atom. The fraction of sp³-hybridized carbons (Fsp3) is 0. The number of hydrogen-bond donors (Lipinski definition) is 1. The Morgan fingerprint density at radius 2 is 2.23 bits per heavy atom. The van der Waals surface area contributed by atoms with Crippen LogP contribution in [-0.4, -0.2) is 10.0 Å². The number of aromatic hydroxyl groups is 1. The Labute approximate surface area is 73.1 Å². The second kappa shape index (κ2) is 3.66. The van der Waals surface area contributed by atoms with Gasteiger partial charge in [0.05, 0.1) is 4.92 Å². The van der Waals surface area contributed by atoms with Crippen LogP contribution in [0.5, 0.6) is 5.75 Å². The number of rotatable bonds is 2. The molecule has 0 unspecified atom stereocenters. The molecule has 0 aliphatic carbocycles. The maximum atomic E-state index is 12.6. The van der Waals surface area contributed by atoms with Gasteiger partial charge in [0.15, 0.2) is 11.6 Å². The molecule has 68 valence electrons. The average Bonchev–Trinajstić information content (AvgIpc) is 2.07. The third-order valence-electron chi connectivity index (χ3n) is 1.39. The first-order chi connectivity index (χ1) is 6.11. The molecule has 1 aromatic carbocycles. The third-order valence-corrected chi connectivity index (χ3v) is 1.39. The molecular formula is C8H6FNO3. The molecule has 0 saturated heterocycles. The Kier molecular flexibility index (Phi) is 2.59. The highest BCUT2D eigenvalue weighted by Crippen LogP contribution is 2.21. The van der Waals surface area contributed by atoms with E-state index in [1.165, 1.54) is 12.1 Å². The number of halogens is 1. The molecule has 1 rings (SSSR count). The van der Waals surface area contributed by atoms with Crippen molar-refractivity contribution in [1.29, 1.82) is 0 Å². The van der Waals surface area contributed by atoms with E-state index in [9.17, 15) is 14.5 Å². The van der Waals surface area contributed by atoms with Crippen molar-refractivity contribution in [3.05, 3.63) is 45.9 Å². The van der Waals surface area contributed by atoms with Gasteiger partial charge >= 0.3 is 0 Å². The highest BCUT2D eigenvalue weighted by Gasteiger charge is 2.03. The molecule has 4 nitrogen and oxygen atoms in total. The fourth-order valence-electron chi connectivity index (χ4n) is 0.808. The second-order valence-electron chi connectivity index (χ2n) is 2.28. The topological polar surface area (TPSA) is 63.4 Å². The van der Waals surface area contributed by atoms with Crippen molar-refractivity contribution in [1.82, 2.24) is 0 Å². The van der Waals surface area contributed by atoms with E-state index in [1.807, 2.05) is 0 Å². The molecule has 0 aliphatic rings. The zero-order valence-electron chi connectivity index (χ0n) is 6.48. The van der Waals surface area contributed by atoms with Gasteiger partial charge in [-0.25, -0.2) is 4.39 Å². The van der Waals surface area contributed by atoms with E-state index in [0.29, 0.717) is 6.20 Å². The van der Waals surface area contributed by atoms with E-state index in [1.54, 1.807) is 0 Å². The predicted molar refractivity (Wildman–Crippen MR) is 44.1 cm³/mol.